The van der Waals surface area contributed by atoms with E-state index < -0.39 is 0 Å². The van der Waals surface area contributed by atoms with E-state index >= 15 is 0 Å². The van der Waals surface area contributed by atoms with Crippen LogP contribution in [-0.4, -0.2) is 0 Å². The van der Waals surface area contributed by atoms with Crippen molar-refractivity contribution in [2.75, 3.05) is 0 Å². The molecule has 2 rings (SSSR count). The SMILES string of the molecule is ClCc1ccc(CNCc2cc(Br)cs2)cc1. The Hall–Kier alpha value is -0.350. The maximum atomic E-state index is 5.75. The zero-order valence-corrected chi connectivity index (χ0v) is 12.4. The molecule has 1 aromatic carbocycles. The summed E-state index contributed by atoms with van der Waals surface area (Å²) in [6, 6.07) is 10.5. The summed E-state index contributed by atoms with van der Waals surface area (Å²) in [5.74, 6) is 0.580. The summed E-state index contributed by atoms with van der Waals surface area (Å²) in [5.41, 5.74) is 2.45. The minimum absolute atomic E-state index is 0.580. The fourth-order valence-electron chi connectivity index (χ4n) is 1.52. The summed E-state index contributed by atoms with van der Waals surface area (Å²) in [5, 5.41) is 5.53. The lowest BCUT2D eigenvalue weighted by Crippen LogP contribution is -2.11. The van der Waals surface area contributed by atoms with E-state index in [9.17, 15) is 0 Å². The molecule has 1 N–H and O–H groups in total. The molecule has 0 saturated heterocycles. The monoisotopic (exact) mass is 329 g/mol. The van der Waals surface area contributed by atoms with Gasteiger partial charge in [-0.15, -0.1) is 22.9 Å². The van der Waals surface area contributed by atoms with Gasteiger partial charge < -0.3 is 5.32 Å². The van der Waals surface area contributed by atoms with Crippen LogP contribution in [0.3, 0.4) is 0 Å². The third-order valence-corrected chi connectivity index (χ3v) is 4.43. The van der Waals surface area contributed by atoms with E-state index in [-0.39, 0.29) is 0 Å². The highest BCUT2D eigenvalue weighted by atomic mass is 79.9. The van der Waals surface area contributed by atoms with E-state index in [0.29, 0.717) is 5.88 Å². The molecule has 1 heterocycles. The van der Waals surface area contributed by atoms with Crippen molar-refractivity contribution in [1.29, 1.82) is 0 Å². The Bertz CT molecular complexity index is 467. The minimum atomic E-state index is 0.580. The molecule has 0 fully saturated rings. The second kappa shape index (κ2) is 6.55. The Balaban J connectivity index is 1.81. The molecule has 0 saturated carbocycles. The highest BCUT2D eigenvalue weighted by molar-refractivity contribution is 9.10. The van der Waals surface area contributed by atoms with Crippen molar-refractivity contribution in [3.8, 4) is 0 Å². The number of nitrogens with one attached hydrogen (secondary N) is 1. The lowest BCUT2D eigenvalue weighted by Gasteiger charge is -2.04. The topological polar surface area (TPSA) is 12.0 Å². The first-order chi connectivity index (χ1) is 8.28. The van der Waals surface area contributed by atoms with Crippen LogP contribution in [0, 0.1) is 0 Å². The largest absolute Gasteiger partial charge is 0.308 e. The molecule has 0 unspecified atom stereocenters. The highest BCUT2D eigenvalue weighted by Gasteiger charge is 1.98. The molecule has 0 atom stereocenters. The van der Waals surface area contributed by atoms with Crippen LogP contribution in [0.2, 0.25) is 0 Å². The van der Waals surface area contributed by atoms with E-state index in [1.165, 1.54) is 10.4 Å². The Morgan fingerprint density at radius 2 is 1.82 bits per heavy atom. The molecule has 2 aromatic rings. The number of hydrogen-bond donors (Lipinski definition) is 1. The van der Waals surface area contributed by atoms with Gasteiger partial charge in [-0.05, 0) is 33.1 Å². The smallest absolute Gasteiger partial charge is 0.0474 e. The molecule has 0 spiro atoms. The molecule has 1 aromatic heterocycles. The van der Waals surface area contributed by atoms with Crippen molar-refractivity contribution in [2.24, 2.45) is 0 Å². The number of hydrogen-bond acceptors (Lipinski definition) is 2. The van der Waals surface area contributed by atoms with E-state index in [2.05, 4.69) is 57.0 Å². The summed E-state index contributed by atoms with van der Waals surface area (Å²) in [4.78, 5) is 1.34. The van der Waals surface area contributed by atoms with Gasteiger partial charge in [0.2, 0.25) is 0 Å². The standard InChI is InChI=1S/C13H13BrClNS/c14-12-5-13(17-9-12)8-16-7-11-3-1-10(6-15)2-4-11/h1-5,9,16H,6-8H2. The second-order valence-corrected chi connectivity index (χ2v) is 5.96. The van der Waals surface area contributed by atoms with Crippen LogP contribution in [0.4, 0.5) is 0 Å². The van der Waals surface area contributed by atoms with Gasteiger partial charge in [0.15, 0.2) is 0 Å². The van der Waals surface area contributed by atoms with Gasteiger partial charge in [-0.1, -0.05) is 24.3 Å². The number of alkyl halides is 1. The van der Waals surface area contributed by atoms with Gasteiger partial charge in [0.25, 0.3) is 0 Å². The van der Waals surface area contributed by atoms with Crippen molar-refractivity contribution < 1.29 is 0 Å². The van der Waals surface area contributed by atoms with Gasteiger partial charge in [0.1, 0.15) is 0 Å². The maximum Gasteiger partial charge on any atom is 0.0474 e. The summed E-state index contributed by atoms with van der Waals surface area (Å²) in [6.45, 7) is 1.80. The Labute approximate surface area is 119 Å². The predicted octanol–water partition coefficient (Wildman–Crippen LogP) is 4.54. The van der Waals surface area contributed by atoms with Gasteiger partial charge in [-0.25, -0.2) is 0 Å². The molecule has 17 heavy (non-hydrogen) atoms. The number of rotatable bonds is 5. The van der Waals surface area contributed by atoms with Crippen molar-refractivity contribution in [3.63, 3.8) is 0 Å². The van der Waals surface area contributed by atoms with Gasteiger partial charge in [0.05, 0.1) is 0 Å². The number of benzene rings is 1. The molecular weight excluding hydrogens is 318 g/mol. The highest BCUT2D eigenvalue weighted by Crippen LogP contribution is 2.19. The summed E-state index contributed by atoms with van der Waals surface area (Å²) >= 11 is 11.0. The lowest BCUT2D eigenvalue weighted by atomic mass is 10.1. The number of thiophene rings is 1. The summed E-state index contributed by atoms with van der Waals surface area (Å²) < 4.78 is 1.16. The second-order valence-electron chi connectivity index (χ2n) is 3.78. The molecule has 0 amide bonds. The molecule has 0 aliphatic carbocycles. The van der Waals surface area contributed by atoms with Crippen LogP contribution in [0.5, 0.6) is 0 Å². The fourth-order valence-corrected chi connectivity index (χ4v) is 3.12. The zero-order valence-electron chi connectivity index (χ0n) is 9.25. The summed E-state index contributed by atoms with van der Waals surface area (Å²) in [6.07, 6.45) is 0. The normalized spacial score (nSPS) is 10.7. The fraction of sp³-hybridized carbons (Fsp3) is 0.231. The van der Waals surface area contributed by atoms with E-state index in [0.717, 1.165) is 23.1 Å². The lowest BCUT2D eigenvalue weighted by molar-refractivity contribution is 0.700. The molecule has 0 aliphatic heterocycles. The van der Waals surface area contributed by atoms with Gasteiger partial charge in [-0.2, -0.15) is 0 Å². The van der Waals surface area contributed by atoms with Crippen LogP contribution in [0.15, 0.2) is 40.2 Å². The van der Waals surface area contributed by atoms with Gasteiger partial charge >= 0.3 is 0 Å². The van der Waals surface area contributed by atoms with Crippen molar-refractivity contribution >= 4 is 38.9 Å². The Morgan fingerprint density at radius 3 is 2.41 bits per heavy atom. The Kier molecular flexibility index (Phi) is 5.04. The first-order valence-corrected chi connectivity index (χ1v) is 7.56. The van der Waals surface area contributed by atoms with E-state index in [1.54, 1.807) is 11.3 Å². The third kappa shape index (κ3) is 4.11. The third-order valence-electron chi connectivity index (χ3n) is 2.43. The van der Waals surface area contributed by atoms with Crippen LogP contribution >= 0.6 is 38.9 Å². The first-order valence-electron chi connectivity index (χ1n) is 5.35. The van der Waals surface area contributed by atoms with Gasteiger partial charge in [-0.3, -0.25) is 0 Å². The Morgan fingerprint density at radius 1 is 1.12 bits per heavy atom. The predicted molar refractivity (Wildman–Crippen MR) is 78.6 cm³/mol. The van der Waals surface area contributed by atoms with Crippen molar-refractivity contribution in [1.82, 2.24) is 5.32 Å². The quantitative estimate of drug-likeness (QED) is 0.794. The maximum absolute atomic E-state index is 5.75. The molecular formula is C13H13BrClNS. The summed E-state index contributed by atoms with van der Waals surface area (Å²) in [7, 11) is 0. The molecule has 4 heteroatoms. The van der Waals surface area contributed by atoms with Gasteiger partial charge in [0, 0.05) is 33.7 Å². The number of halogens is 2. The average Bonchev–Trinajstić information content (AvgIpc) is 2.76. The van der Waals surface area contributed by atoms with Crippen molar-refractivity contribution in [2.45, 2.75) is 19.0 Å². The molecule has 0 radical (unpaired) electrons. The van der Waals surface area contributed by atoms with Crippen LogP contribution in [-0.2, 0) is 19.0 Å². The average molecular weight is 331 g/mol. The van der Waals surface area contributed by atoms with Crippen molar-refractivity contribution in [3.05, 3.63) is 56.2 Å². The molecule has 1 nitrogen and oxygen atoms in total. The van der Waals surface area contributed by atoms with Crippen LogP contribution in [0.25, 0.3) is 0 Å². The molecule has 0 bridgehead atoms. The first kappa shape index (κ1) is 13.1. The molecule has 90 valence electrons. The van der Waals surface area contributed by atoms with Crippen LogP contribution in [0.1, 0.15) is 16.0 Å². The van der Waals surface area contributed by atoms with E-state index in [1.807, 2.05) is 0 Å². The zero-order chi connectivity index (χ0) is 12.1. The van der Waals surface area contributed by atoms with Crippen LogP contribution < -0.4 is 5.32 Å². The van der Waals surface area contributed by atoms with E-state index in [4.69, 9.17) is 11.6 Å². The molecule has 0 aliphatic rings. The minimum Gasteiger partial charge on any atom is -0.308 e.